The Labute approximate surface area is 189 Å². The molecule has 0 radical (unpaired) electrons. The largest absolute Gasteiger partial charge is 0.504 e. The van der Waals surface area contributed by atoms with Crippen LogP contribution in [0.1, 0.15) is 16.7 Å². The van der Waals surface area contributed by atoms with Crippen molar-refractivity contribution < 1.29 is 14.3 Å². The molecule has 3 aromatic rings. The van der Waals surface area contributed by atoms with E-state index in [0.29, 0.717) is 24.3 Å². The molecular weight excluding hydrogens is 415 g/mol. The molecule has 0 aliphatic rings. The molecule has 3 rings (SSSR count). The van der Waals surface area contributed by atoms with Crippen LogP contribution < -0.4 is 15.6 Å². The molecular formula is C25H30ClFN2O2. The summed E-state index contributed by atoms with van der Waals surface area (Å²) in [6.45, 7) is 10.4. The number of rotatable bonds is 6. The summed E-state index contributed by atoms with van der Waals surface area (Å²) in [6.07, 6.45) is 0.513. The van der Waals surface area contributed by atoms with Gasteiger partial charge >= 0.3 is 0 Å². The van der Waals surface area contributed by atoms with E-state index in [1.54, 1.807) is 36.4 Å². The van der Waals surface area contributed by atoms with Crippen LogP contribution in [0.4, 0.5) is 10.1 Å². The first-order chi connectivity index (χ1) is 14.9. The SMILES string of the molecule is C=C.CNc1cccc(Cl)c1C.Cc1ccc(O)c(ONCCc2ccccc2F)c1. The van der Waals surface area contributed by atoms with Crippen LogP contribution in [-0.4, -0.2) is 18.7 Å². The van der Waals surface area contributed by atoms with E-state index in [4.69, 9.17) is 16.4 Å². The smallest absolute Gasteiger partial charge is 0.188 e. The molecule has 4 nitrogen and oxygen atoms in total. The normalized spacial score (nSPS) is 9.58. The Morgan fingerprint density at radius 2 is 1.74 bits per heavy atom. The summed E-state index contributed by atoms with van der Waals surface area (Å²) < 4.78 is 13.3. The minimum atomic E-state index is -0.220. The highest BCUT2D eigenvalue weighted by molar-refractivity contribution is 6.31. The highest BCUT2D eigenvalue weighted by Gasteiger charge is 2.04. The van der Waals surface area contributed by atoms with Crippen LogP contribution in [0.2, 0.25) is 5.02 Å². The second-order valence-corrected chi connectivity index (χ2v) is 6.88. The number of benzene rings is 3. The summed E-state index contributed by atoms with van der Waals surface area (Å²) in [5.41, 5.74) is 6.53. The second kappa shape index (κ2) is 14.1. The van der Waals surface area contributed by atoms with Gasteiger partial charge < -0.3 is 15.3 Å². The predicted octanol–water partition coefficient (Wildman–Crippen LogP) is 6.46. The molecule has 0 fully saturated rings. The van der Waals surface area contributed by atoms with Crippen molar-refractivity contribution in [2.45, 2.75) is 20.3 Å². The Kier molecular flexibility index (Phi) is 11.8. The van der Waals surface area contributed by atoms with Gasteiger partial charge in [-0.15, -0.1) is 13.2 Å². The average Bonchev–Trinajstić information content (AvgIpc) is 2.78. The van der Waals surface area contributed by atoms with E-state index in [-0.39, 0.29) is 11.6 Å². The maximum absolute atomic E-state index is 13.3. The number of hydroxylamine groups is 1. The molecule has 166 valence electrons. The number of aromatic hydroxyl groups is 1. The number of nitrogens with one attached hydrogen (secondary N) is 2. The number of anilines is 1. The van der Waals surface area contributed by atoms with E-state index in [0.717, 1.165) is 21.8 Å². The van der Waals surface area contributed by atoms with Gasteiger partial charge in [0.2, 0.25) is 0 Å². The summed E-state index contributed by atoms with van der Waals surface area (Å²) in [5, 5.41) is 13.4. The summed E-state index contributed by atoms with van der Waals surface area (Å²) in [4.78, 5) is 5.26. The standard InChI is InChI=1S/C15H16FNO2.C8H10ClN.C2H4/c1-11-6-7-14(18)15(10-11)19-17-9-8-12-4-2-3-5-13(12)16;1-6-7(9)4-3-5-8(6)10-2;1-2/h2-7,10,17-18H,8-9H2,1H3;3-5,10H,1-2H3;1-2H2. The Bertz CT molecular complexity index is 951. The average molecular weight is 445 g/mol. The monoisotopic (exact) mass is 444 g/mol. The number of aryl methyl sites for hydroxylation is 1. The molecule has 0 bridgehead atoms. The molecule has 0 atom stereocenters. The Balaban J connectivity index is 0.000000337. The fraction of sp³-hybridized carbons (Fsp3) is 0.200. The molecule has 6 heteroatoms. The van der Waals surface area contributed by atoms with Crippen LogP contribution in [0, 0.1) is 19.7 Å². The summed E-state index contributed by atoms with van der Waals surface area (Å²) >= 11 is 5.85. The lowest BCUT2D eigenvalue weighted by Crippen LogP contribution is -2.21. The quantitative estimate of drug-likeness (QED) is 0.232. The molecule has 0 heterocycles. The fourth-order valence-electron chi connectivity index (χ4n) is 2.60. The molecule has 0 aliphatic heterocycles. The molecule has 31 heavy (non-hydrogen) atoms. The first-order valence-corrected chi connectivity index (χ1v) is 10.2. The van der Waals surface area contributed by atoms with Gasteiger partial charge in [0.25, 0.3) is 0 Å². The lowest BCUT2D eigenvalue weighted by atomic mass is 10.1. The van der Waals surface area contributed by atoms with Crippen LogP contribution in [-0.2, 0) is 6.42 Å². The number of phenolic OH excluding ortho intramolecular Hbond substituents is 1. The minimum absolute atomic E-state index is 0.0731. The van der Waals surface area contributed by atoms with Crippen molar-refractivity contribution in [1.82, 2.24) is 5.48 Å². The first-order valence-electron chi connectivity index (χ1n) is 9.78. The topological polar surface area (TPSA) is 53.5 Å². The summed E-state index contributed by atoms with van der Waals surface area (Å²) in [6, 6.07) is 17.5. The van der Waals surface area contributed by atoms with Crippen molar-refractivity contribution in [3.63, 3.8) is 0 Å². The van der Waals surface area contributed by atoms with Crippen molar-refractivity contribution in [2.24, 2.45) is 0 Å². The zero-order valence-corrected chi connectivity index (χ0v) is 19.0. The van der Waals surface area contributed by atoms with E-state index in [1.165, 1.54) is 6.07 Å². The van der Waals surface area contributed by atoms with Gasteiger partial charge in [-0.25, -0.2) is 4.39 Å². The molecule has 3 N–H and O–H groups in total. The Morgan fingerprint density at radius 3 is 2.39 bits per heavy atom. The summed E-state index contributed by atoms with van der Waals surface area (Å²) in [7, 11) is 1.89. The molecule has 3 aromatic carbocycles. The maximum atomic E-state index is 13.3. The number of phenols is 1. The zero-order chi connectivity index (χ0) is 23.2. The van der Waals surface area contributed by atoms with E-state index in [2.05, 4.69) is 24.0 Å². The van der Waals surface area contributed by atoms with Crippen LogP contribution in [0.25, 0.3) is 0 Å². The molecule has 0 saturated carbocycles. The zero-order valence-electron chi connectivity index (χ0n) is 18.2. The van der Waals surface area contributed by atoms with E-state index in [1.807, 2.05) is 39.1 Å². The molecule has 0 amide bonds. The highest BCUT2D eigenvalue weighted by atomic mass is 35.5. The van der Waals surface area contributed by atoms with E-state index in [9.17, 15) is 9.50 Å². The minimum Gasteiger partial charge on any atom is -0.504 e. The van der Waals surface area contributed by atoms with Gasteiger partial charge in [0.1, 0.15) is 5.82 Å². The van der Waals surface area contributed by atoms with Gasteiger partial charge in [-0.05, 0) is 67.3 Å². The van der Waals surface area contributed by atoms with Crippen molar-refractivity contribution in [1.29, 1.82) is 0 Å². The van der Waals surface area contributed by atoms with Gasteiger partial charge in [-0.2, -0.15) is 5.48 Å². The first kappa shape index (κ1) is 26.0. The number of hydrogen-bond acceptors (Lipinski definition) is 4. The molecule has 0 saturated heterocycles. The maximum Gasteiger partial charge on any atom is 0.188 e. The fourth-order valence-corrected chi connectivity index (χ4v) is 2.77. The molecule has 0 unspecified atom stereocenters. The van der Waals surface area contributed by atoms with E-state index < -0.39 is 0 Å². The van der Waals surface area contributed by atoms with Crippen molar-refractivity contribution >= 4 is 17.3 Å². The van der Waals surface area contributed by atoms with Crippen LogP contribution in [0.15, 0.2) is 73.8 Å². The molecule has 0 aromatic heterocycles. The second-order valence-electron chi connectivity index (χ2n) is 6.47. The van der Waals surface area contributed by atoms with Gasteiger partial charge in [0.05, 0.1) is 0 Å². The van der Waals surface area contributed by atoms with Gasteiger partial charge in [-0.1, -0.05) is 41.9 Å². The third kappa shape index (κ3) is 8.70. The number of halogens is 2. The lowest BCUT2D eigenvalue weighted by Gasteiger charge is -2.09. The van der Waals surface area contributed by atoms with Crippen molar-refractivity contribution in [3.05, 3.63) is 101 Å². The van der Waals surface area contributed by atoms with Crippen LogP contribution >= 0.6 is 11.6 Å². The Hall–Kier alpha value is -3.02. The van der Waals surface area contributed by atoms with E-state index >= 15 is 0 Å². The third-order valence-electron chi connectivity index (χ3n) is 4.29. The van der Waals surface area contributed by atoms with Crippen molar-refractivity contribution in [2.75, 3.05) is 18.9 Å². The molecule has 0 spiro atoms. The molecule has 0 aliphatic carbocycles. The van der Waals surface area contributed by atoms with Gasteiger partial charge in [0, 0.05) is 24.3 Å². The summed E-state index contributed by atoms with van der Waals surface area (Å²) in [5.74, 6) is 0.222. The van der Waals surface area contributed by atoms with Crippen molar-refractivity contribution in [3.8, 4) is 11.5 Å². The lowest BCUT2D eigenvalue weighted by molar-refractivity contribution is 0.189. The van der Waals surface area contributed by atoms with Gasteiger partial charge in [-0.3, -0.25) is 0 Å². The Morgan fingerprint density at radius 1 is 1.03 bits per heavy atom. The van der Waals surface area contributed by atoms with Crippen LogP contribution in [0.5, 0.6) is 11.5 Å². The third-order valence-corrected chi connectivity index (χ3v) is 4.70. The van der Waals surface area contributed by atoms with Crippen LogP contribution in [0.3, 0.4) is 0 Å². The number of hydrogen-bond donors (Lipinski definition) is 3. The van der Waals surface area contributed by atoms with Gasteiger partial charge in [0.15, 0.2) is 11.5 Å². The predicted molar refractivity (Wildman–Crippen MR) is 129 cm³/mol. The highest BCUT2D eigenvalue weighted by Crippen LogP contribution is 2.25.